The van der Waals surface area contributed by atoms with E-state index in [1.165, 1.54) is 0 Å². The molecule has 1 N–H and O–H groups in total. The molecule has 0 bridgehead atoms. The van der Waals surface area contributed by atoms with Gasteiger partial charge in [0.25, 0.3) is 0 Å². The van der Waals surface area contributed by atoms with Crippen LogP contribution < -0.4 is 5.32 Å². The van der Waals surface area contributed by atoms with Crippen LogP contribution in [0.3, 0.4) is 0 Å². The first-order valence-electron chi connectivity index (χ1n) is 12.4. The van der Waals surface area contributed by atoms with Crippen molar-refractivity contribution in [1.29, 1.82) is 5.26 Å². The van der Waals surface area contributed by atoms with Crippen LogP contribution in [0.15, 0.2) is 41.1 Å². The zero-order chi connectivity index (χ0) is 26.2. The molecule has 1 aliphatic heterocycles. The fourth-order valence-corrected chi connectivity index (χ4v) is 4.60. The number of likely N-dealkylation sites (tertiary alicyclic amines) is 1. The molecule has 2 atom stereocenters. The summed E-state index contributed by atoms with van der Waals surface area (Å²) in [5.41, 5.74) is 1.57. The zero-order valence-corrected chi connectivity index (χ0v) is 21.0. The van der Waals surface area contributed by atoms with Gasteiger partial charge in [-0.3, -0.25) is 9.48 Å². The lowest BCUT2D eigenvalue weighted by atomic mass is 10.0. The predicted octanol–water partition coefficient (Wildman–Crippen LogP) is 3.49. The van der Waals surface area contributed by atoms with Crippen molar-refractivity contribution in [2.75, 3.05) is 6.54 Å². The third-order valence-electron chi connectivity index (χ3n) is 6.38. The minimum atomic E-state index is -0.642. The van der Waals surface area contributed by atoms with Crippen LogP contribution >= 0.6 is 0 Å². The number of ether oxygens (including phenoxy) is 1. The Labute approximate surface area is 214 Å². The van der Waals surface area contributed by atoms with Crippen molar-refractivity contribution in [3.63, 3.8) is 0 Å². The SMILES string of the molecule is CC(C)(C)OC(=O)N1CC(NC(=O)c2nnc(-c3cc(C#N)ccc3C3CC3)o2)CC1Cn1cccn1. The van der Waals surface area contributed by atoms with Crippen LogP contribution in [0.4, 0.5) is 4.79 Å². The van der Waals surface area contributed by atoms with Gasteiger partial charge in [-0.2, -0.15) is 10.4 Å². The van der Waals surface area contributed by atoms with Gasteiger partial charge in [-0.15, -0.1) is 10.2 Å². The molecule has 2 unspecified atom stereocenters. The van der Waals surface area contributed by atoms with Gasteiger partial charge in [0.05, 0.1) is 24.2 Å². The summed E-state index contributed by atoms with van der Waals surface area (Å²) in [5.74, 6) is -0.0750. The Bertz CT molecular complexity index is 1330. The minimum Gasteiger partial charge on any atom is -0.444 e. The summed E-state index contributed by atoms with van der Waals surface area (Å²) in [5, 5.41) is 24.5. The Kier molecular flexibility index (Phi) is 6.41. The van der Waals surface area contributed by atoms with Crippen LogP contribution in [0.5, 0.6) is 0 Å². The smallest absolute Gasteiger partial charge is 0.410 e. The maximum absolute atomic E-state index is 13.0. The second kappa shape index (κ2) is 9.69. The molecule has 5 rings (SSSR count). The highest BCUT2D eigenvalue weighted by atomic mass is 16.6. The molecular weight excluding hydrogens is 474 g/mol. The van der Waals surface area contributed by atoms with Gasteiger partial charge in [0.15, 0.2) is 0 Å². The van der Waals surface area contributed by atoms with Crippen LogP contribution in [0.25, 0.3) is 11.5 Å². The molecule has 192 valence electrons. The van der Waals surface area contributed by atoms with Crippen molar-refractivity contribution in [2.24, 2.45) is 0 Å². The number of nitrogens with zero attached hydrogens (tertiary/aromatic N) is 6. The first-order chi connectivity index (χ1) is 17.7. The molecule has 0 spiro atoms. The van der Waals surface area contributed by atoms with Gasteiger partial charge in [-0.25, -0.2) is 4.79 Å². The van der Waals surface area contributed by atoms with Crippen molar-refractivity contribution in [2.45, 2.75) is 70.2 Å². The zero-order valence-electron chi connectivity index (χ0n) is 21.0. The fourth-order valence-electron chi connectivity index (χ4n) is 4.60. The van der Waals surface area contributed by atoms with E-state index < -0.39 is 17.6 Å². The van der Waals surface area contributed by atoms with Crippen LogP contribution in [0, 0.1) is 11.3 Å². The topological polar surface area (TPSA) is 139 Å². The third kappa shape index (κ3) is 5.63. The number of carbonyl (C=O) groups excluding carboxylic acids is 2. The lowest BCUT2D eigenvalue weighted by Gasteiger charge is -2.28. The lowest BCUT2D eigenvalue weighted by Crippen LogP contribution is -2.43. The van der Waals surface area contributed by atoms with Gasteiger partial charge in [0, 0.05) is 30.5 Å². The number of aromatic nitrogens is 4. The van der Waals surface area contributed by atoms with Crippen molar-refractivity contribution in [3.05, 3.63) is 53.7 Å². The number of rotatable bonds is 6. The average Bonchev–Trinajstić information content (AvgIpc) is 3.22. The highest BCUT2D eigenvalue weighted by molar-refractivity contribution is 5.90. The second-order valence-corrected chi connectivity index (χ2v) is 10.5. The van der Waals surface area contributed by atoms with E-state index in [9.17, 15) is 14.9 Å². The largest absolute Gasteiger partial charge is 0.444 e. The van der Waals surface area contributed by atoms with Gasteiger partial charge < -0.3 is 19.4 Å². The normalized spacial score (nSPS) is 19.5. The van der Waals surface area contributed by atoms with Gasteiger partial charge in [0.1, 0.15) is 5.60 Å². The molecule has 2 amide bonds. The van der Waals surface area contributed by atoms with Gasteiger partial charge in [-0.05, 0) is 69.7 Å². The van der Waals surface area contributed by atoms with E-state index in [1.807, 2.05) is 39.1 Å². The van der Waals surface area contributed by atoms with Crippen molar-refractivity contribution in [1.82, 2.24) is 30.2 Å². The standard InChI is InChI=1S/C26H29N7O4/c1-26(2,3)37-25(35)33-14-18(12-19(33)15-32-10-4-9-28-32)29-22(34)24-31-30-23(36-24)21-11-16(13-27)5-8-20(21)17-6-7-17/h4-5,8-11,17-19H,6-7,12,14-15H2,1-3H3,(H,29,34). The number of carbonyl (C=O) groups is 2. The Morgan fingerprint density at radius 1 is 1.27 bits per heavy atom. The van der Waals surface area contributed by atoms with Crippen molar-refractivity contribution < 1.29 is 18.7 Å². The number of hydrogen-bond acceptors (Lipinski definition) is 8. The summed E-state index contributed by atoms with van der Waals surface area (Å²) in [7, 11) is 0. The van der Waals surface area contributed by atoms with Crippen molar-refractivity contribution in [3.8, 4) is 17.5 Å². The molecule has 2 aromatic heterocycles. The van der Waals surface area contributed by atoms with Crippen LogP contribution in [0.2, 0.25) is 0 Å². The second-order valence-electron chi connectivity index (χ2n) is 10.5. The quantitative estimate of drug-likeness (QED) is 0.539. The van der Waals surface area contributed by atoms with E-state index in [0.29, 0.717) is 30.0 Å². The number of benzene rings is 1. The lowest BCUT2D eigenvalue weighted by molar-refractivity contribution is 0.0208. The van der Waals surface area contributed by atoms with Gasteiger partial charge >= 0.3 is 17.9 Å². The highest BCUT2D eigenvalue weighted by Crippen LogP contribution is 2.44. The molecule has 11 nitrogen and oxygen atoms in total. The highest BCUT2D eigenvalue weighted by Gasteiger charge is 2.39. The number of nitrogens with one attached hydrogen (secondary N) is 1. The summed E-state index contributed by atoms with van der Waals surface area (Å²) < 4.78 is 13.1. The van der Waals surface area contributed by atoms with E-state index in [0.717, 1.165) is 18.4 Å². The Morgan fingerprint density at radius 2 is 2.08 bits per heavy atom. The number of nitriles is 1. The first kappa shape index (κ1) is 24.5. The van der Waals surface area contributed by atoms with Crippen molar-refractivity contribution >= 4 is 12.0 Å². The molecule has 1 saturated carbocycles. The van der Waals surface area contributed by atoms with E-state index in [1.54, 1.807) is 27.9 Å². The number of amides is 2. The molecule has 3 aromatic rings. The summed E-state index contributed by atoms with van der Waals surface area (Å²) in [6, 6.07) is 8.81. The monoisotopic (exact) mass is 503 g/mol. The molecular formula is C26H29N7O4. The maximum Gasteiger partial charge on any atom is 0.410 e. The Hall–Kier alpha value is -4.20. The molecule has 37 heavy (non-hydrogen) atoms. The predicted molar refractivity (Wildman–Crippen MR) is 131 cm³/mol. The maximum atomic E-state index is 13.0. The van der Waals surface area contributed by atoms with Gasteiger partial charge in [-0.1, -0.05) is 6.07 Å². The van der Waals surface area contributed by atoms with Crippen LogP contribution in [-0.2, 0) is 11.3 Å². The molecule has 0 radical (unpaired) electrons. The van der Waals surface area contributed by atoms with Crippen LogP contribution in [0.1, 0.15) is 67.8 Å². The molecule has 2 fully saturated rings. The summed E-state index contributed by atoms with van der Waals surface area (Å²) in [6.45, 7) is 6.21. The third-order valence-corrected chi connectivity index (χ3v) is 6.38. The van der Waals surface area contributed by atoms with E-state index >= 15 is 0 Å². The summed E-state index contributed by atoms with van der Waals surface area (Å²) >= 11 is 0. The van der Waals surface area contributed by atoms with E-state index in [4.69, 9.17) is 9.15 Å². The first-order valence-corrected chi connectivity index (χ1v) is 12.4. The molecule has 3 heterocycles. The molecule has 2 aliphatic rings. The average molecular weight is 504 g/mol. The summed E-state index contributed by atoms with van der Waals surface area (Å²) in [6.07, 6.45) is 5.72. The van der Waals surface area contributed by atoms with Gasteiger partial charge in [0.2, 0.25) is 5.89 Å². The molecule has 1 aliphatic carbocycles. The van der Waals surface area contributed by atoms with Crippen LogP contribution in [-0.4, -0.2) is 61.1 Å². The molecule has 1 saturated heterocycles. The molecule has 11 heteroatoms. The number of hydrogen-bond donors (Lipinski definition) is 1. The Morgan fingerprint density at radius 3 is 2.76 bits per heavy atom. The fraction of sp³-hybridized carbons (Fsp3) is 0.462. The van der Waals surface area contributed by atoms with E-state index in [2.05, 4.69) is 26.7 Å². The van der Waals surface area contributed by atoms with E-state index in [-0.39, 0.29) is 30.4 Å². The molecule has 1 aromatic carbocycles. The summed E-state index contributed by atoms with van der Waals surface area (Å²) in [4.78, 5) is 27.6. The Balaban J connectivity index is 1.30. The minimum absolute atomic E-state index is 0.168.